The molecule has 1 saturated heterocycles. The highest BCUT2D eigenvalue weighted by Gasteiger charge is 2.35. The van der Waals surface area contributed by atoms with E-state index in [2.05, 4.69) is 29.6 Å². The van der Waals surface area contributed by atoms with Gasteiger partial charge in [-0.15, -0.1) is 0 Å². The summed E-state index contributed by atoms with van der Waals surface area (Å²) in [5.74, 6) is 1.39. The zero-order chi connectivity index (χ0) is 19.3. The summed E-state index contributed by atoms with van der Waals surface area (Å²) >= 11 is 0. The quantitative estimate of drug-likeness (QED) is 0.719. The predicted molar refractivity (Wildman–Crippen MR) is 109 cm³/mol. The summed E-state index contributed by atoms with van der Waals surface area (Å²) in [6, 6.07) is 9.06. The molecule has 3 aromatic rings. The van der Waals surface area contributed by atoms with Crippen LogP contribution in [0.2, 0.25) is 0 Å². The average Bonchev–Trinajstić information content (AvgIpc) is 3.25. The largest absolute Gasteiger partial charge is 0.383 e. The number of benzene rings is 1. The maximum absolute atomic E-state index is 13.3. The summed E-state index contributed by atoms with van der Waals surface area (Å²) < 4.78 is 21.3. The standard InChI is InChI=1S/C23H26FN3O/c1-23(2)14-26-19-12-17(11-15-3-5-18(24)6-4-15)20-13-25-22(27(20)21(19)23)16-7-9-28-10-8-16/h3-6,12-13,16,26H,7-11,14H2,1-2H3. The minimum absolute atomic E-state index is 0.0443. The minimum atomic E-state index is -0.197. The van der Waals surface area contributed by atoms with Gasteiger partial charge in [0.05, 0.1) is 23.1 Å². The number of aromatic nitrogens is 2. The lowest BCUT2D eigenvalue weighted by Gasteiger charge is -2.25. The third-order valence-corrected chi connectivity index (χ3v) is 6.17. The monoisotopic (exact) mass is 379 g/mol. The van der Waals surface area contributed by atoms with E-state index in [-0.39, 0.29) is 11.2 Å². The summed E-state index contributed by atoms with van der Waals surface area (Å²) in [7, 11) is 0. The number of pyridine rings is 1. The minimum Gasteiger partial charge on any atom is -0.383 e. The van der Waals surface area contributed by atoms with Crippen molar-refractivity contribution < 1.29 is 9.13 Å². The van der Waals surface area contributed by atoms with Crippen molar-refractivity contribution in [1.82, 2.24) is 9.38 Å². The Bertz CT molecular complexity index is 1020. The van der Waals surface area contributed by atoms with Crippen LogP contribution in [0.15, 0.2) is 36.5 Å². The molecule has 0 atom stereocenters. The van der Waals surface area contributed by atoms with Crippen LogP contribution in [0.3, 0.4) is 0 Å². The van der Waals surface area contributed by atoms with Gasteiger partial charge in [0.25, 0.3) is 0 Å². The van der Waals surface area contributed by atoms with Gasteiger partial charge in [-0.3, -0.25) is 4.40 Å². The van der Waals surface area contributed by atoms with E-state index in [1.165, 1.54) is 34.6 Å². The molecule has 0 aliphatic carbocycles. The Balaban J connectivity index is 1.67. The van der Waals surface area contributed by atoms with E-state index < -0.39 is 0 Å². The number of hydrogen-bond donors (Lipinski definition) is 1. The SMILES string of the molecule is CC1(C)CNc2cc(Cc3ccc(F)cc3)c3cnc(C4CCOCC4)n3c21. The second kappa shape index (κ2) is 6.59. The number of nitrogens with one attached hydrogen (secondary N) is 1. The highest BCUT2D eigenvalue weighted by Crippen LogP contribution is 2.41. The summed E-state index contributed by atoms with van der Waals surface area (Å²) in [5.41, 5.74) is 6.06. The summed E-state index contributed by atoms with van der Waals surface area (Å²) in [4.78, 5) is 4.90. The van der Waals surface area contributed by atoms with Crippen molar-refractivity contribution in [3.63, 3.8) is 0 Å². The Hall–Kier alpha value is -2.40. The molecule has 1 aromatic carbocycles. The fourth-order valence-electron chi connectivity index (χ4n) is 4.67. The van der Waals surface area contributed by atoms with E-state index in [1.807, 2.05) is 18.3 Å². The second-order valence-corrected chi connectivity index (χ2v) is 8.70. The third kappa shape index (κ3) is 2.89. The number of imidazole rings is 1. The van der Waals surface area contributed by atoms with Crippen molar-refractivity contribution in [1.29, 1.82) is 0 Å². The lowest BCUT2D eigenvalue weighted by Crippen LogP contribution is -2.24. The van der Waals surface area contributed by atoms with Crippen molar-refractivity contribution in [2.75, 3.05) is 25.1 Å². The number of ether oxygens (including phenoxy) is 1. The molecule has 0 unspecified atom stereocenters. The lowest BCUT2D eigenvalue weighted by atomic mass is 9.89. The lowest BCUT2D eigenvalue weighted by molar-refractivity contribution is 0.0834. The number of fused-ring (bicyclic) bond motifs is 3. The maximum Gasteiger partial charge on any atom is 0.123 e. The zero-order valence-corrected chi connectivity index (χ0v) is 16.5. The van der Waals surface area contributed by atoms with E-state index in [0.29, 0.717) is 5.92 Å². The summed E-state index contributed by atoms with van der Waals surface area (Å²) in [6.45, 7) is 7.11. The Labute approximate surface area is 164 Å². The molecule has 146 valence electrons. The number of anilines is 1. The molecule has 0 amide bonds. The Morgan fingerprint density at radius 1 is 1.21 bits per heavy atom. The molecule has 0 saturated carbocycles. The first kappa shape index (κ1) is 17.7. The van der Waals surface area contributed by atoms with Gasteiger partial charge in [-0.25, -0.2) is 9.37 Å². The first-order valence-electron chi connectivity index (χ1n) is 10.1. The molecule has 1 N–H and O–H groups in total. The van der Waals surface area contributed by atoms with Gasteiger partial charge >= 0.3 is 0 Å². The molecular weight excluding hydrogens is 353 g/mol. The van der Waals surface area contributed by atoms with Crippen LogP contribution in [0.1, 0.15) is 55.3 Å². The fraction of sp³-hybridized carbons (Fsp3) is 0.435. The predicted octanol–water partition coefficient (Wildman–Crippen LogP) is 4.66. The average molecular weight is 379 g/mol. The van der Waals surface area contributed by atoms with Crippen LogP contribution in [0.4, 0.5) is 10.1 Å². The maximum atomic E-state index is 13.3. The molecule has 1 fully saturated rings. The normalized spacial score (nSPS) is 19.0. The van der Waals surface area contributed by atoms with Crippen molar-refractivity contribution in [3.8, 4) is 0 Å². The first-order chi connectivity index (χ1) is 13.5. The van der Waals surface area contributed by atoms with Crippen LogP contribution < -0.4 is 5.32 Å². The van der Waals surface area contributed by atoms with Crippen LogP contribution in [0.25, 0.3) is 5.52 Å². The number of nitrogens with zero attached hydrogens (tertiary/aromatic N) is 2. The van der Waals surface area contributed by atoms with Crippen molar-refractivity contribution in [2.45, 2.75) is 44.4 Å². The van der Waals surface area contributed by atoms with Gasteiger partial charge < -0.3 is 10.1 Å². The Morgan fingerprint density at radius 3 is 2.71 bits per heavy atom. The highest BCUT2D eigenvalue weighted by atomic mass is 19.1. The zero-order valence-electron chi connectivity index (χ0n) is 16.5. The first-order valence-corrected chi connectivity index (χ1v) is 10.1. The van der Waals surface area contributed by atoms with Gasteiger partial charge in [-0.05, 0) is 48.6 Å². The van der Waals surface area contributed by atoms with Crippen LogP contribution in [0.5, 0.6) is 0 Å². The molecule has 5 heteroatoms. The molecule has 0 radical (unpaired) electrons. The molecule has 2 aromatic heterocycles. The topological polar surface area (TPSA) is 38.6 Å². The van der Waals surface area contributed by atoms with Gasteiger partial charge in [0.15, 0.2) is 0 Å². The van der Waals surface area contributed by atoms with E-state index in [0.717, 1.165) is 50.4 Å². The van der Waals surface area contributed by atoms with Crippen LogP contribution in [0, 0.1) is 5.82 Å². The third-order valence-electron chi connectivity index (χ3n) is 6.17. The number of hydrogen-bond acceptors (Lipinski definition) is 3. The summed E-state index contributed by atoms with van der Waals surface area (Å²) in [6.07, 6.45) is 4.82. The second-order valence-electron chi connectivity index (χ2n) is 8.70. The summed E-state index contributed by atoms with van der Waals surface area (Å²) in [5, 5.41) is 3.60. The molecule has 0 spiro atoms. The molecule has 0 bridgehead atoms. The van der Waals surface area contributed by atoms with Crippen molar-refractivity contribution in [3.05, 3.63) is 65.0 Å². The van der Waals surface area contributed by atoms with Crippen molar-refractivity contribution >= 4 is 11.2 Å². The van der Waals surface area contributed by atoms with Crippen molar-refractivity contribution in [2.24, 2.45) is 0 Å². The van der Waals surface area contributed by atoms with E-state index in [9.17, 15) is 4.39 Å². The molecule has 4 heterocycles. The molecule has 2 aliphatic heterocycles. The fourth-order valence-corrected chi connectivity index (χ4v) is 4.67. The smallest absolute Gasteiger partial charge is 0.123 e. The Morgan fingerprint density at radius 2 is 1.96 bits per heavy atom. The Kier molecular flexibility index (Phi) is 4.16. The van der Waals surface area contributed by atoms with E-state index in [4.69, 9.17) is 9.72 Å². The van der Waals surface area contributed by atoms with E-state index in [1.54, 1.807) is 0 Å². The highest BCUT2D eigenvalue weighted by molar-refractivity contribution is 5.69. The number of rotatable bonds is 3. The van der Waals surface area contributed by atoms with Gasteiger partial charge in [0.1, 0.15) is 11.6 Å². The number of halogens is 1. The molecule has 5 rings (SSSR count). The van der Waals surface area contributed by atoms with Gasteiger partial charge in [-0.2, -0.15) is 0 Å². The van der Waals surface area contributed by atoms with Gasteiger partial charge in [0, 0.05) is 31.1 Å². The van der Waals surface area contributed by atoms with Crippen LogP contribution >= 0.6 is 0 Å². The van der Waals surface area contributed by atoms with Gasteiger partial charge in [-0.1, -0.05) is 26.0 Å². The molecule has 28 heavy (non-hydrogen) atoms. The molecule has 4 nitrogen and oxygen atoms in total. The van der Waals surface area contributed by atoms with Gasteiger partial charge in [0.2, 0.25) is 0 Å². The van der Waals surface area contributed by atoms with Crippen LogP contribution in [-0.4, -0.2) is 29.1 Å². The van der Waals surface area contributed by atoms with Crippen LogP contribution in [-0.2, 0) is 16.6 Å². The molecule has 2 aliphatic rings. The van der Waals surface area contributed by atoms with E-state index >= 15 is 0 Å². The molecular formula is C23H26FN3O.